The molecule has 39 heavy (non-hydrogen) atoms. The van der Waals surface area contributed by atoms with Gasteiger partial charge in [-0.1, -0.05) is 103 Å². The smallest absolute Gasteiger partial charge is 0.238 e. The van der Waals surface area contributed by atoms with Gasteiger partial charge >= 0.3 is 0 Å². The van der Waals surface area contributed by atoms with E-state index in [1.54, 1.807) is 10.4 Å². The molecule has 2 aliphatic rings. The van der Waals surface area contributed by atoms with Gasteiger partial charge in [0.2, 0.25) is 5.95 Å². The lowest BCUT2D eigenvalue weighted by Gasteiger charge is -2.16. The van der Waals surface area contributed by atoms with Crippen LogP contribution in [0.15, 0.2) is 97.1 Å². The van der Waals surface area contributed by atoms with Crippen LogP contribution in [0.25, 0.3) is 50.8 Å². The molecule has 4 aromatic carbocycles. The first-order valence-electron chi connectivity index (χ1n) is 13.9. The van der Waals surface area contributed by atoms with Crippen molar-refractivity contribution >= 4 is 30.1 Å². The second-order valence-corrected chi connectivity index (χ2v) is 13.4. The molecule has 1 aliphatic carbocycles. The highest BCUT2D eigenvalue weighted by Crippen LogP contribution is 2.37. The normalized spacial score (nSPS) is 15.7. The molecule has 2 aromatic heterocycles. The maximum absolute atomic E-state index is 5.13. The summed E-state index contributed by atoms with van der Waals surface area (Å²) in [6.45, 7) is 2.48. The van der Waals surface area contributed by atoms with Crippen LogP contribution in [0.2, 0.25) is 6.55 Å². The van der Waals surface area contributed by atoms with Crippen molar-refractivity contribution in [3.63, 3.8) is 0 Å². The van der Waals surface area contributed by atoms with Crippen LogP contribution in [-0.2, 0) is 12.8 Å². The van der Waals surface area contributed by atoms with Crippen LogP contribution in [-0.4, -0.2) is 28.3 Å². The number of fused-ring (bicyclic) bond motifs is 6. The number of nitrogens with zero attached hydrogens (tertiary/aromatic N) is 4. The molecule has 188 valence electrons. The second kappa shape index (κ2) is 8.85. The fraction of sp³-hybridized carbons (Fsp3) is 0.147. The molecule has 6 aromatic rings. The van der Waals surface area contributed by atoms with Crippen LogP contribution in [0.4, 0.5) is 0 Å². The zero-order chi connectivity index (χ0) is 25.9. The van der Waals surface area contributed by atoms with Gasteiger partial charge in [0.05, 0.1) is 5.52 Å². The third-order valence-corrected chi connectivity index (χ3v) is 11.4. The molecule has 1 atom stereocenters. The molecule has 3 heterocycles. The Morgan fingerprint density at radius 3 is 2.00 bits per heavy atom. The number of rotatable bonds is 3. The predicted octanol–water partition coefficient (Wildman–Crippen LogP) is 5.98. The predicted molar refractivity (Wildman–Crippen MR) is 162 cm³/mol. The van der Waals surface area contributed by atoms with Gasteiger partial charge in [-0.3, -0.25) is 4.57 Å². The zero-order valence-electron chi connectivity index (χ0n) is 21.9. The lowest BCUT2D eigenvalue weighted by molar-refractivity contribution is 0.661. The highest BCUT2D eigenvalue weighted by Gasteiger charge is 2.30. The van der Waals surface area contributed by atoms with E-state index >= 15 is 0 Å². The maximum Gasteiger partial charge on any atom is 0.238 e. The lowest BCUT2D eigenvalue weighted by atomic mass is 9.95. The molecule has 0 spiro atoms. The fourth-order valence-electron chi connectivity index (χ4n) is 6.61. The molecule has 0 amide bonds. The number of aryl methyl sites for hydroxylation is 1. The molecule has 0 saturated heterocycles. The summed E-state index contributed by atoms with van der Waals surface area (Å²) >= 11 is 0. The van der Waals surface area contributed by atoms with Crippen LogP contribution in [0, 0.1) is 0 Å². The number of benzene rings is 4. The molecule has 1 aliphatic heterocycles. The number of aromatic nitrogens is 4. The molecule has 0 bridgehead atoms. The average molecular weight is 521 g/mol. The van der Waals surface area contributed by atoms with Gasteiger partial charge in [0.25, 0.3) is 0 Å². The molecule has 0 N–H and O–H groups in total. The molecule has 0 saturated carbocycles. The highest BCUT2D eigenvalue weighted by atomic mass is 28.3. The quantitative estimate of drug-likeness (QED) is 0.270. The first-order valence-corrected chi connectivity index (χ1v) is 16.2. The van der Waals surface area contributed by atoms with Crippen LogP contribution in [0.3, 0.4) is 0 Å². The van der Waals surface area contributed by atoms with Crippen molar-refractivity contribution in [3.05, 3.63) is 108 Å². The van der Waals surface area contributed by atoms with E-state index in [1.165, 1.54) is 46.1 Å². The Bertz CT molecular complexity index is 1820. The van der Waals surface area contributed by atoms with E-state index in [9.17, 15) is 0 Å². The van der Waals surface area contributed by atoms with Crippen molar-refractivity contribution in [2.45, 2.75) is 32.2 Å². The van der Waals surface area contributed by atoms with Gasteiger partial charge < -0.3 is 0 Å². The average Bonchev–Trinajstić information content (AvgIpc) is 3.48. The number of hydrogen-bond acceptors (Lipinski definition) is 3. The summed E-state index contributed by atoms with van der Waals surface area (Å²) in [4.78, 5) is 15.2. The molecular weight excluding hydrogens is 492 g/mol. The minimum Gasteiger partial charge on any atom is -0.282 e. The SMILES string of the molecule is C[SiH]1c2ccccc2-c2cc3c(cc21)c1c(n3-c2nc(-c3ccccc3)nc(-c3ccccc3)n2)CCCC1. The lowest BCUT2D eigenvalue weighted by Crippen LogP contribution is -2.34. The summed E-state index contributed by atoms with van der Waals surface area (Å²) in [5.74, 6) is 2.13. The summed E-state index contributed by atoms with van der Waals surface area (Å²) in [5.41, 5.74) is 8.88. The van der Waals surface area contributed by atoms with E-state index in [-0.39, 0.29) is 0 Å². The van der Waals surface area contributed by atoms with E-state index in [2.05, 4.69) is 71.8 Å². The monoisotopic (exact) mass is 520 g/mol. The molecule has 0 fully saturated rings. The van der Waals surface area contributed by atoms with Crippen LogP contribution in [0.1, 0.15) is 24.1 Å². The minimum atomic E-state index is -1.20. The first kappa shape index (κ1) is 22.6. The van der Waals surface area contributed by atoms with E-state index in [1.807, 2.05) is 36.4 Å². The maximum atomic E-state index is 5.13. The summed E-state index contributed by atoms with van der Waals surface area (Å²) in [6, 6.07) is 34.5. The zero-order valence-corrected chi connectivity index (χ0v) is 23.1. The van der Waals surface area contributed by atoms with Crippen LogP contribution >= 0.6 is 0 Å². The Morgan fingerprint density at radius 1 is 0.641 bits per heavy atom. The summed E-state index contributed by atoms with van der Waals surface area (Å²) < 4.78 is 2.36. The highest BCUT2D eigenvalue weighted by molar-refractivity contribution is 6.88. The Morgan fingerprint density at radius 2 is 1.28 bits per heavy atom. The van der Waals surface area contributed by atoms with Crippen molar-refractivity contribution in [2.24, 2.45) is 0 Å². The molecule has 4 nitrogen and oxygen atoms in total. The fourth-order valence-corrected chi connectivity index (χ4v) is 9.18. The van der Waals surface area contributed by atoms with Gasteiger partial charge in [0.15, 0.2) is 11.6 Å². The summed E-state index contributed by atoms with van der Waals surface area (Å²) in [5, 5.41) is 4.51. The Hall–Kier alpha value is -4.35. The standard InChI is InChI=1S/C34H28N4Si/c1-39-30-19-11-9-17-25(30)27-20-29-26(21-31(27)39)24-16-8-10-18-28(24)38(29)34-36-32(22-12-4-2-5-13-22)35-33(37-34)23-14-6-3-7-15-23/h2-7,9,11-15,17,19-21,39H,8,10,16,18H2,1H3. The van der Waals surface area contributed by atoms with E-state index in [4.69, 9.17) is 15.0 Å². The Kier molecular flexibility index (Phi) is 5.13. The molecule has 8 rings (SSSR count). The van der Waals surface area contributed by atoms with Crippen molar-refractivity contribution < 1.29 is 0 Å². The topological polar surface area (TPSA) is 43.6 Å². The summed E-state index contributed by atoms with van der Waals surface area (Å²) in [7, 11) is -1.20. The Balaban J connectivity index is 1.43. The van der Waals surface area contributed by atoms with Gasteiger partial charge in [-0.15, -0.1) is 0 Å². The van der Waals surface area contributed by atoms with E-state index < -0.39 is 8.80 Å². The molecule has 0 radical (unpaired) electrons. The van der Waals surface area contributed by atoms with Crippen molar-refractivity contribution in [3.8, 4) is 39.9 Å². The molecule has 1 unspecified atom stereocenters. The van der Waals surface area contributed by atoms with Crippen LogP contribution in [0.5, 0.6) is 0 Å². The first-order chi connectivity index (χ1) is 19.3. The third-order valence-electron chi connectivity index (χ3n) is 8.51. The minimum absolute atomic E-state index is 0.707. The van der Waals surface area contributed by atoms with Gasteiger partial charge in [-0.2, -0.15) is 9.97 Å². The summed E-state index contributed by atoms with van der Waals surface area (Å²) in [6.07, 6.45) is 4.59. The van der Waals surface area contributed by atoms with Crippen molar-refractivity contribution in [1.29, 1.82) is 0 Å². The van der Waals surface area contributed by atoms with E-state index in [0.29, 0.717) is 17.6 Å². The van der Waals surface area contributed by atoms with E-state index in [0.717, 1.165) is 24.0 Å². The second-order valence-electron chi connectivity index (χ2n) is 10.7. The molecular formula is C34H28N4Si. The van der Waals surface area contributed by atoms with Gasteiger partial charge in [0, 0.05) is 22.2 Å². The molecule has 5 heteroatoms. The van der Waals surface area contributed by atoms with Gasteiger partial charge in [-0.25, -0.2) is 4.98 Å². The van der Waals surface area contributed by atoms with Crippen LogP contribution < -0.4 is 10.4 Å². The largest absolute Gasteiger partial charge is 0.282 e. The van der Waals surface area contributed by atoms with Crippen molar-refractivity contribution in [1.82, 2.24) is 19.5 Å². The van der Waals surface area contributed by atoms with Gasteiger partial charge in [-0.05, 0) is 53.6 Å². The third kappa shape index (κ3) is 3.53. The Labute approximate surface area is 229 Å². The number of hydrogen-bond donors (Lipinski definition) is 0. The van der Waals surface area contributed by atoms with Gasteiger partial charge in [0.1, 0.15) is 8.80 Å². The van der Waals surface area contributed by atoms with Crippen molar-refractivity contribution in [2.75, 3.05) is 0 Å².